The second-order valence-corrected chi connectivity index (χ2v) is 6.61. The maximum absolute atomic E-state index is 13.3. The molecule has 0 amide bonds. The molecule has 0 saturated heterocycles. The summed E-state index contributed by atoms with van der Waals surface area (Å²) in [6, 6.07) is 9.55. The molecule has 1 heterocycles. The summed E-state index contributed by atoms with van der Waals surface area (Å²) in [6.07, 6.45) is 0. The molecule has 0 aliphatic heterocycles. The second kappa shape index (κ2) is 8.18. The molecule has 0 spiro atoms. The van der Waals surface area contributed by atoms with Gasteiger partial charge in [-0.2, -0.15) is 0 Å². The molecule has 7 heteroatoms. The van der Waals surface area contributed by atoms with Gasteiger partial charge in [0.15, 0.2) is 11.5 Å². The van der Waals surface area contributed by atoms with Crippen LogP contribution in [-0.4, -0.2) is 25.2 Å². The van der Waals surface area contributed by atoms with E-state index < -0.39 is 11.8 Å². The number of methoxy groups -OCH3 is 2. The Kier molecular flexibility index (Phi) is 5.71. The van der Waals surface area contributed by atoms with Gasteiger partial charge in [-0.25, -0.2) is 14.2 Å². The Labute approximate surface area is 160 Å². The molecule has 0 fully saturated rings. The van der Waals surface area contributed by atoms with Crippen LogP contribution in [0.2, 0.25) is 0 Å². The van der Waals surface area contributed by atoms with E-state index >= 15 is 0 Å². The predicted octanol–water partition coefficient (Wildman–Crippen LogP) is 4.63. The molecular formula is C20H18FNO4S. The Hall–Kier alpha value is -2.93. The lowest BCUT2D eigenvalue weighted by Crippen LogP contribution is -2.07. The largest absolute Gasteiger partial charge is 0.493 e. The Morgan fingerprint density at radius 1 is 1.11 bits per heavy atom. The van der Waals surface area contributed by atoms with Crippen LogP contribution in [-0.2, 0) is 11.3 Å². The van der Waals surface area contributed by atoms with Crippen molar-refractivity contribution in [1.29, 1.82) is 0 Å². The highest BCUT2D eigenvalue weighted by atomic mass is 32.1. The molecule has 5 nitrogen and oxygen atoms in total. The lowest BCUT2D eigenvalue weighted by Gasteiger charge is -2.08. The van der Waals surface area contributed by atoms with E-state index in [9.17, 15) is 9.18 Å². The highest BCUT2D eigenvalue weighted by Crippen LogP contribution is 2.33. The zero-order valence-corrected chi connectivity index (χ0v) is 15.9. The first-order chi connectivity index (χ1) is 13.0. The fourth-order valence-electron chi connectivity index (χ4n) is 2.51. The number of aryl methyl sites for hydroxylation is 1. The van der Waals surface area contributed by atoms with Crippen LogP contribution in [0.1, 0.15) is 21.6 Å². The van der Waals surface area contributed by atoms with E-state index in [-0.39, 0.29) is 12.2 Å². The number of rotatable bonds is 6. The first-order valence-corrected chi connectivity index (χ1v) is 9.00. The Morgan fingerprint density at radius 2 is 1.89 bits per heavy atom. The highest BCUT2D eigenvalue weighted by Gasteiger charge is 2.14. The van der Waals surface area contributed by atoms with Crippen molar-refractivity contribution >= 4 is 17.3 Å². The molecule has 2 aromatic carbocycles. The third kappa shape index (κ3) is 4.25. The van der Waals surface area contributed by atoms with Crippen LogP contribution < -0.4 is 9.47 Å². The van der Waals surface area contributed by atoms with Gasteiger partial charge in [0.05, 0.1) is 25.5 Å². The molecule has 3 rings (SSSR count). The molecule has 0 atom stereocenters. The molecule has 3 aromatic rings. The van der Waals surface area contributed by atoms with Crippen molar-refractivity contribution in [3.8, 4) is 22.1 Å². The highest BCUT2D eigenvalue weighted by molar-refractivity contribution is 7.13. The number of hydrogen-bond acceptors (Lipinski definition) is 6. The molecule has 1 aromatic heterocycles. The van der Waals surface area contributed by atoms with Crippen LogP contribution in [0.25, 0.3) is 10.6 Å². The van der Waals surface area contributed by atoms with E-state index in [1.54, 1.807) is 27.2 Å². The number of thiazole rings is 1. The molecular weight excluding hydrogens is 369 g/mol. The third-order valence-electron chi connectivity index (χ3n) is 3.95. The molecule has 140 valence electrons. The van der Waals surface area contributed by atoms with Crippen LogP contribution in [0, 0.1) is 12.7 Å². The van der Waals surface area contributed by atoms with Gasteiger partial charge < -0.3 is 14.2 Å². The number of carbonyl (C=O) groups is 1. The monoisotopic (exact) mass is 387 g/mol. The van der Waals surface area contributed by atoms with Gasteiger partial charge in [0.25, 0.3) is 0 Å². The third-order valence-corrected chi connectivity index (χ3v) is 4.89. The average molecular weight is 387 g/mol. The predicted molar refractivity (Wildman–Crippen MR) is 101 cm³/mol. The van der Waals surface area contributed by atoms with E-state index in [0.717, 1.165) is 10.6 Å². The average Bonchev–Trinajstić information content (AvgIpc) is 3.16. The minimum absolute atomic E-state index is 0.0125. The van der Waals surface area contributed by atoms with Gasteiger partial charge in [0.2, 0.25) is 0 Å². The smallest absolute Gasteiger partial charge is 0.338 e. The molecule has 0 unspecified atom stereocenters. The fraction of sp³-hybridized carbons (Fsp3) is 0.200. The van der Waals surface area contributed by atoms with E-state index in [1.807, 2.05) is 23.6 Å². The van der Waals surface area contributed by atoms with Crippen molar-refractivity contribution < 1.29 is 23.4 Å². The minimum atomic E-state index is -0.576. The normalized spacial score (nSPS) is 10.5. The number of benzene rings is 2. The van der Waals surface area contributed by atoms with E-state index in [2.05, 4.69) is 4.98 Å². The van der Waals surface area contributed by atoms with Crippen molar-refractivity contribution in [1.82, 2.24) is 4.98 Å². The molecule has 0 saturated carbocycles. The van der Waals surface area contributed by atoms with Crippen molar-refractivity contribution in [2.24, 2.45) is 0 Å². The van der Waals surface area contributed by atoms with Crippen molar-refractivity contribution in [2.45, 2.75) is 13.5 Å². The van der Waals surface area contributed by atoms with Crippen LogP contribution in [0.4, 0.5) is 4.39 Å². The van der Waals surface area contributed by atoms with E-state index in [4.69, 9.17) is 14.2 Å². The minimum Gasteiger partial charge on any atom is -0.493 e. The number of halogens is 1. The SMILES string of the molecule is COc1ccc(-c2nc(COC(=O)c3cc(F)ccc3C)cs2)cc1OC. The van der Waals surface area contributed by atoms with Crippen molar-refractivity contribution in [2.75, 3.05) is 14.2 Å². The fourth-order valence-corrected chi connectivity index (χ4v) is 3.31. The summed E-state index contributed by atoms with van der Waals surface area (Å²) in [5.74, 6) is 0.196. The van der Waals surface area contributed by atoms with Crippen molar-refractivity contribution in [3.05, 3.63) is 64.4 Å². The second-order valence-electron chi connectivity index (χ2n) is 5.75. The van der Waals surface area contributed by atoms with Gasteiger partial charge in [0.1, 0.15) is 17.4 Å². The van der Waals surface area contributed by atoms with Crippen LogP contribution in [0.5, 0.6) is 11.5 Å². The Morgan fingerprint density at radius 3 is 2.63 bits per heavy atom. The van der Waals surface area contributed by atoms with Gasteiger partial charge in [-0.15, -0.1) is 11.3 Å². The number of esters is 1. The van der Waals surface area contributed by atoms with E-state index in [0.29, 0.717) is 22.8 Å². The topological polar surface area (TPSA) is 57.7 Å². The number of aromatic nitrogens is 1. The van der Waals surface area contributed by atoms with Crippen LogP contribution in [0.3, 0.4) is 0 Å². The summed E-state index contributed by atoms with van der Waals surface area (Å²) in [6.45, 7) is 1.74. The van der Waals surface area contributed by atoms with Gasteiger partial charge in [-0.05, 0) is 42.8 Å². The van der Waals surface area contributed by atoms with Crippen molar-refractivity contribution in [3.63, 3.8) is 0 Å². The lowest BCUT2D eigenvalue weighted by atomic mass is 10.1. The standard InChI is InChI=1S/C20H18FNO4S/c1-12-4-6-14(21)9-16(12)20(23)26-10-15-11-27-19(22-15)13-5-7-17(24-2)18(8-13)25-3/h4-9,11H,10H2,1-3H3. The first kappa shape index (κ1) is 18.8. The number of carbonyl (C=O) groups excluding carboxylic acids is 1. The molecule has 27 heavy (non-hydrogen) atoms. The molecule has 0 aliphatic rings. The van der Waals surface area contributed by atoms with Crippen LogP contribution >= 0.6 is 11.3 Å². The maximum Gasteiger partial charge on any atom is 0.338 e. The molecule has 0 aliphatic carbocycles. The molecule has 0 bridgehead atoms. The van der Waals surface area contributed by atoms with E-state index in [1.165, 1.54) is 23.5 Å². The lowest BCUT2D eigenvalue weighted by molar-refractivity contribution is 0.0467. The Bertz CT molecular complexity index is 970. The molecule has 0 radical (unpaired) electrons. The zero-order valence-electron chi connectivity index (χ0n) is 15.1. The van der Waals surface area contributed by atoms with Gasteiger partial charge in [0, 0.05) is 10.9 Å². The first-order valence-electron chi connectivity index (χ1n) is 8.12. The number of ether oxygens (including phenoxy) is 3. The molecule has 0 N–H and O–H groups in total. The summed E-state index contributed by atoms with van der Waals surface area (Å²) in [5.41, 5.74) is 2.36. The van der Waals surface area contributed by atoms with Gasteiger partial charge in [-0.1, -0.05) is 6.07 Å². The number of nitrogens with zero attached hydrogens (tertiary/aromatic N) is 1. The maximum atomic E-state index is 13.3. The van der Waals surface area contributed by atoms with Crippen LogP contribution in [0.15, 0.2) is 41.8 Å². The summed E-state index contributed by atoms with van der Waals surface area (Å²) in [5, 5.41) is 2.58. The quantitative estimate of drug-likeness (QED) is 0.577. The number of hydrogen-bond donors (Lipinski definition) is 0. The van der Waals surface area contributed by atoms with Gasteiger partial charge in [-0.3, -0.25) is 0 Å². The summed E-state index contributed by atoms with van der Waals surface area (Å²) in [7, 11) is 3.15. The summed E-state index contributed by atoms with van der Waals surface area (Å²) >= 11 is 1.43. The van der Waals surface area contributed by atoms with Gasteiger partial charge >= 0.3 is 5.97 Å². The summed E-state index contributed by atoms with van der Waals surface area (Å²) < 4.78 is 29.2. The summed E-state index contributed by atoms with van der Waals surface area (Å²) in [4.78, 5) is 16.7. The Balaban J connectivity index is 1.71. The zero-order chi connectivity index (χ0) is 19.4.